The summed E-state index contributed by atoms with van der Waals surface area (Å²) in [6.07, 6.45) is 2.69. The molecule has 0 spiro atoms. The third-order valence-corrected chi connectivity index (χ3v) is 8.78. The van der Waals surface area contributed by atoms with E-state index in [1.807, 2.05) is 20.8 Å². The summed E-state index contributed by atoms with van der Waals surface area (Å²) in [6.45, 7) is 6.19. The van der Waals surface area contributed by atoms with Gasteiger partial charge in [-0.05, 0) is 82.1 Å². The lowest BCUT2D eigenvalue weighted by atomic mass is 10.0. The first-order chi connectivity index (χ1) is 14.1. The van der Waals surface area contributed by atoms with Crippen LogP contribution >= 0.6 is 0 Å². The zero-order valence-electron chi connectivity index (χ0n) is 17.4. The van der Waals surface area contributed by atoms with Crippen LogP contribution in [0.15, 0.2) is 58.3 Å². The molecule has 3 rings (SSSR count). The van der Waals surface area contributed by atoms with Crippen LogP contribution in [0.4, 0.5) is 5.69 Å². The Morgan fingerprint density at radius 1 is 0.900 bits per heavy atom. The highest BCUT2D eigenvalue weighted by Gasteiger charge is 2.35. The third kappa shape index (κ3) is 4.79. The van der Waals surface area contributed by atoms with Crippen LogP contribution in [0.1, 0.15) is 40.0 Å². The number of ether oxygens (including phenoxy) is 1. The maximum atomic E-state index is 13.1. The van der Waals surface area contributed by atoms with Gasteiger partial charge in [-0.2, -0.15) is 4.31 Å². The van der Waals surface area contributed by atoms with E-state index in [1.54, 1.807) is 16.4 Å². The second kappa shape index (κ2) is 8.95. The number of benzene rings is 2. The molecule has 2 aromatic carbocycles. The molecule has 30 heavy (non-hydrogen) atoms. The molecule has 0 aliphatic carbocycles. The van der Waals surface area contributed by atoms with Crippen LogP contribution in [0, 0.1) is 0 Å². The fraction of sp³-hybridized carbons (Fsp3) is 0.429. The molecule has 0 aromatic heterocycles. The molecule has 0 saturated carbocycles. The molecule has 2 aromatic rings. The summed E-state index contributed by atoms with van der Waals surface area (Å²) >= 11 is 0. The van der Waals surface area contributed by atoms with Gasteiger partial charge in [-0.15, -0.1) is 0 Å². The fourth-order valence-electron chi connectivity index (χ4n) is 3.78. The number of rotatable bonds is 7. The molecule has 0 amide bonds. The quantitative estimate of drug-likeness (QED) is 0.689. The predicted molar refractivity (Wildman–Crippen MR) is 117 cm³/mol. The average Bonchev–Trinajstić information content (AvgIpc) is 2.68. The highest BCUT2D eigenvalue weighted by Crippen LogP contribution is 2.30. The van der Waals surface area contributed by atoms with E-state index in [9.17, 15) is 16.8 Å². The summed E-state index contributed by atoms with van der Waals surface area (Å²) in [7, 11) is -7.44. The fourth-order valence-corrected chi connectivity index (χ4v) is 6.72. The summed E-state index contributed by atoms with van der Waals surface area (Å²) in [5, 5.41) is 0. The molecule has 164 valence electrons. The van der Waals surface area contributed by atoms with Gasteiger partial charge in [-0.3, -0.25) is 4.72 Å². The standard InChI is InChI=1S/C21H28N2O5S2/c1-4-28-19-10-14-20(15-11-19)29(24,25)22-18-8-12-21(13-9-18)30(26,27)23-16(2)6-5-7-17(23)3/h8-17,22H,4-7H2,1-3H3. The van der Waals surface area contributed by atoms with Gasteiger partial charge in [0.05, 0.1) is 16.4 Å². The van der Waals surface area contributed by atoms with Crippen molar-refractivity contribution in [3.05, 3.63) is 48.5 Å². The van der Waals surface area contributed by atoms with Crippen LogP contribution in [0.5, 0.6) is 5.75 Å². The summed E-state index contributed by atoms with van der Waals surface area (Å²) < 4.78 is 60.8. The van der Waals surface area contributed by atoms with E-state index in [0.717, 1.165) is 19.3 Å². The minimum Gasteiger partial charge on any atom is -0.494 e. The molecule has 2 atom stereocenters. The Hall–Kier alpha value is -2.10. The summed E-state index contributed by atoms with van der Waals surface area (Å²) in [4.78, 5) is 0.255. The van der Waals surface area contributed by atoms with Gasteiger partial charge in [-0.1, -0.05) is 6.42 Å². The lowest BCUT2D eigenvalue weighted by molar-refractivity contribution is 0.204. The molecule has 0 bridgehead atoms. The highest BCUT2D eigenvalue weighted by molar-refractivity contribution is 7.92. The van der Waals surface area contributed by atoms with Crippen molar-refractivity contribution in [2.45, 2.75) is 61.9 Å². The van der Waals surface area contributed by atoms with Gasteiger partial charge in [0, 0.05) is 17.8 Å². The summed E-state index contributed by atoms with van der Waals surface area (Å²) in [6, 6.07) is 11.8. The molecular weight excluding hydrogens is 424 g/mol. The van der Waals surface area contributed by atoms with Crippen LogP contribution in [-0.4, -0.2) is 39.8 Å². The average molecular weight is 453 g/mol. The zero-order valence-corrected chi connectivity index (χ0v) is 19.0. The first kappa shape index (κ1) is 22.6. The largest absolute Gasteiger partial charge is 0.494 e. The first-order valence-corrected chi connectivity index (χ1v) is 13.0. The second-order valence-corrected chi connectivity index (χ2v) is 11.0. The van der Waals surface area contributed by atoms with E-state index in [0.29, 0.717) is 18.0 Å². The van der Waals surface area contributed by atoms with Crippen molar-refractivity contribution in [1.82, 2.24) is 4.31 Å². The minimum atomic E-state index is -3.80. The molecule has 1 fully saturated rings. The van der Waals surface area contributed by atoms with Gasteiger partial charge < -0.3 is 4.74 Å². The van der Waals surface area contributed by atoms with Gasteiger partial charge in [0.15, 0.2) is 0 Å². The number of piperidine rings is 1. The van der Waals surface area contributed by atoms with Crippen LogP contribution in [-0.2, 0) is 20.0 Å². The third-order valence-electron chi connectivity index (χ3n) is 5.24. The van der Waals surface area contributed by atoms with Gasteiger partial charge in [0.2, 0.25) is 10.0 Å². The Kier molecular flexibility index (Phi) is 6.74. The van der Waals surface area contributed by atoms with E-state index in [2.05, 4.69) is 4.72 Å². The Balaban J connectivity index is 1.78. The first-order valence-electron chi connectivity index (χ1n) is 10.0. The Bertz CT molecular complexity index is 1060. The molecular formula is C21H28N2O5S2. The monoisotopic (exact) mass is 452 g/mol. The molecule has 1 N–H and O–H groups in total. The Morgan fingerprint density at radius 2 is 1.43 bits per heavy atom. The number of nitrogens with one attached hydrogen (secondary N) is 1. The lowest BCUT2D eigenvalue weighted by Crippen LogP contribution is -2.47. The molecule has 1 aliphatic heterocycles. The zero-order chi connectivity index (χ0) is 21.9. The van der Waals surface area contributed by atoms with Crippen molar-refractivity contribution >= 4 is 25.7 Å². The number of sulfonamides is 2. The van der Waals surface area contributed by atoms with E-state index >= 15 is 0 Å². The highest BCUT2D eigenvalue weighted by atomic mass is 32.2. The number of anilines is 1. The van der Waals surface area contributed by atoms with Crippen LogP contribution < -0.4 is 9.46 Å². The summed E-state index contributed by atoms with van der Waals surface area (Å²) in [5.41, 5.74) is 0.294. The maximum Gasteiger partial charge on any atom is 0.261 e. The molecule has 9 heteroatoms. The van der Waals surface area contributed by atoms with E-state index < -0.39 is 20.0 Å². The number of hydrogen-bond donors (Lipinski definition) is 1. The Morgan fingerprint density at radius 3 is 1.97 bits per heavy atom. The van der Waals surface area contributed by atoms with Crippen molar-refractivity contribution in [2.75, 3.05) is 11.3 Å². The van der Waals surface area contributed by atoms with Crippen molar-refractivity contribution < 1.29 is 21.6 Å². The minimum absolute atomic E-state index is 0.0587. The number of hydrogen-bond acceptors (Lipinski definition) is 5. The summed E-state index contributed by atoms with van der Waals surface area (Å²) in [5.74, 6) is 0.590. The van der Waals surface area contributed by atoms with Gasteiger partial charge in [-0.25, -0.2) is 16.8 Å². The molecule has 1 heterocycles. The Labute approximate surface area is 179 Å². The second-order valence-electron chi connectivity index (χ2n) is 7.50. The van der Waals surface area contributed by atoms with Crippen LogP contribution in [0.3, 0.4) is 0 Å². The van der Waals surface area contributed by atoms with Crippen LogP contribution in [0.2, 0.25) is 0 Å². The van der Waals surface area contributed by atoms with Crippen LogP contribution in [0.25, 0.3) is 0 Å². The lowest BCUT2D eigenvalue weighted by Gasteiger charge is -2.37. The smallest absolute Gasteiger partial charge is 0.261 e. The maximum absolute atomic E-state index is 13.1. The van der Waals surface area contributed by atoms with Gasteiger partial charge in [0.25, 0.3) is 10.0 Å². The molecule has 1 saturated heterocycles. The van der Waals surface area contributed by atoms with E-state index in [4.69, 9.17) is 4.74 Å². The molecule has 7 nitrogen and oxygen atoms in total. The predicted octanol–water partition coefficient (Wildman–Crippen LogP) is 3.84. The van der Waals surface area contributed by atoms with Crippen molar-refractivity contribution in [3.8, 4) is 5.75 Å². The molecule has 1 aliphatic rings. The normalized spacial score (nSPS) is 20.6. The van der Waals surface area contributed by atoms with E-state index in [-0.39, 0.29) is 21.9 Å². The van der Waals surface area contributed by atoms with Crippen molar-refractivity contribution in [1.29, 1.82) is 0 Å². The molecule has 0 radical (unpaired) electrons. The SMILES string of the molecule is CCOc1ccc(S(=O)(=O)Nc2ccc(S(=O)(=O)N3C(C)CCCC3C)cc2)cc1. The topological polar surface area (TPSA) is 92.8 Å². The number of nitrogens with zero attached hydrogens (tertiary/aromatic N) is 1. The van der Waals surface area contributed by atoms with Gasteiger partial charge in [0.1, 0.15) is 5.75 Å². The van der Waals surface area contributed by atoms with E-state index in [1.165, 1.54) is 36.4 Å². The molecule has 2 unspecified atom stereocenters. The van der Waals surface area contributed by atoms with Crippen molar-refractivity contribution in [2.24, 2.45) is 0 Å². The van der Waals surface area contributed by atoms with Crippen molar-refractivity contribution in [3.63, 3.8) is 0 Å². The van der Waals surface area contributed by atoms with Gasteiger partial charge >= 0.3 is 0 Å².